The predicted octanol–water partition coefficient (Wildman–Crippen LogP) is 5.36. The molecule has 0 aliphatic carbocycles. The molecular formula is C18H12ClF2N3OS. The lowest BCUT2D eigenvalue weighted by Crippen LogP contribution is -2.03. The van der Waals surface area contributed by atoms with Gasteiger partial charge in [0.15, 0.2) is 5.15 Å². The lowest BCUT2D eigenvalue weighted by Gasteiger charge is -2.13. The summed E-state index contributed by atoms with van der Waals surface area (Å²) < 4.78 is 35.6. The molecule has 1 aromatic heterocycles. The van der Waals surface area contributed by atoms with Gasteiger partial charge >= 0.3 is 0 Å². The maximum absolute atomic E-state index is 14.6. The lowest BCUT2D eigenvalue weighted by molar-refractivity contribution is 0.407. The third-order valence-electron chi connectivity index (χ3n) is 3.75. The third-order valence-corrected chi connectivity index (χ3v) is 4.61. The van der Waals surface area contributed by atoms with Crippen molar-refractivity contribution in [2.24, 2.45) is 0 Å². The van der Waals surface area contributed by atoms with E-state index in [4.69, 9.17) is 21.6 Å². The number of thioether (sulfide) groups is 1. The van der Waals surface area contributed by atoms with Crippen LogP contribution in [0, 0.1) is 29.2 Å². The minimum absolute atomic E-state index is 0.0130. The summed E-state index contributed by atoms with van der Waals surface area (Å²) >= 11 is 7.21. The van der Waals surface area contributed by atoms with E-state index in [1.807, 2.05) is 5.40 Å². The van der Waals surface area contributed by atoms with Crippen molar-refractivity contribution in [2.45, 2.75) is 11.8 Å². The number of imidazole rings is 1. The first-order valence-corrected chi connectivity index (χ1v) is 8.60. The Labute approximate surface area is 158 Å². The Bertz CT molecular complexity index is 990. The van der Waals surface area contributed by atoms with Crippen LogP contribution in [0.5, 0.6) is 5.75 Å². The SMILES string of the molecule is COc1cc(F)c(-c2c(Cl)nc(C)n2-c2ccc(SC#N)cc2)c(F)c1. The highest BCUT2D eigenvalue weighted by Crippen LogP contribution is 2.37. The van der Waals surface area contributed by atoms with Crippen LogP contribution in [0.2, 0.25) is 5.15 Å². The average Bonchev–Trinajstić information content (AvgIpc) is 2.89. The van der Waals surface area contributed by atoms with Crippen LogP contribution in [0.15, 0.2) is 41.3 Å². The monoisotopic (exact) mass is 391 g/mol. The molecule has 3 aromatic rings. The van der Waals surface area contributed by atoms with Gasteiger partial charge in [0.25, 0.3) is 0 Å². The van der Waals surface area contributed by atoms with E-state index in [0.29, 0.717) is 11.5 Å². The zero-order valence-corrected chi connectivity index (χ0v) is 15.3. The fourth-order valence-electron chi connectivity index (χ4n) is 2.64. The van der Waals surface area contributed by atoms with Gasteiger partial charge in [0, 0.05) is 22.7 Å². The highest BCUT2D eigenvalue weighted by atomic mass is 35.5. The van der Waals surface area contributed by atoms with E-state index in [2.05, 4.69) is 4.98 Å². The second kappa shape index (κ2) is 7.36. The fraction of sp³-hybridized carbons (Fsp3) is 0.111. The van der Waals surface area contributed by atoms with Crippen LogP contribution in [0.3, 0.4) is 0 Å². The maximum atomic E-state index is 14.6. The summed E-state index contributed by atoms with van der Waals surface area (Å²) in [6.45, 7) is 1.69. The summed E-state index contributed by atoms with van der Waals surface area (Å²) in [5.74, 6) is -1.07. The molecule has 0 bridgehead atoms. The van der Waals surface area contributed by atoms with Crippen molar-refractivity contribution < 1.29 is 13.5 Å². The number of benzene rings is 2. The second-order valence-electron chi connectivity index (χ2n) is 5.29. The number of thiocyanates is 1. The molecule has 0 atom stereocenters. The van der Waals surface area contributed by atoms with E-state index < -0.39 is 11.6 Å². The van der Waals surface area contributed by atoms with Gasteiger partial charge in [-0.3, -0.25) is 4.57 Å². The Morgan fingerprint density at radius 1 is 1.19 bits per heavy atom. The standard InChI is InChI=1S/C18H12ClF2N3OS/c1-10-23-18(19)17(16-14(20)7-12(25-2)8-15(16)21)24(10)11-3-5-13(6-4-11)26-9-22/h3-8H,1-2H3. The maximum Gasteiger partial charge on any atom is 0.155 e. The highest BCUT2D eigenvalue weighted by molar-refractivity contribution is 8.03. The van der Waals surface area contributed by atoms with Gasteiger partial charge in [-0.05, 0) is 43.0 Å². The van der Waals surface area contributed by atoms with Crippen LogP contribution >= 0.6 is 23.4 Å². The summed E-state index contributed by atoms with van der Waals surface area (Å²) in [4.78, 5) is 4.91. The molecule has 0 fully saturated rings. The molecule has 0 N–H and O–H groups in total. The Kier molecular flexibility index (Phi) is 5.16. The molecule has 0 radical (unpaired) electrons. The molecule has 1 heterocycles. The zero-order valence-electron chi connectivity index (χ0n) is 13.8. The molecule has 0 unspecified atom stereocenters. The Morgan fingerprint density at radius 3 is 2.35 bits per heavy atom. The number of nitriles is 1. The van der Waals surface area contributed by atoms with Gasteiger partial charge in [-0.2, -0.15) is 5.26 Å². The molecule has 0 spiro atoms. The molecular weight excluding hydrogens is 380 g/mol. The van der Waals surface area contributed by atoms with Crippen LogP contribution in [-0.4, -0.2) is 16.7 Å². The molecule has 4 nitrogen and oxygen atoms in total. The van der Waals surface area contributed by atoms with E-state index in [1.165, 1.54) is 7.11 Å². The molecule has 8 heteroatoms. The van der Waals surface area contributed by atoms with Crippen molar-refractivity contribution in [1.82, 2.24) is 9.55 Å². The number of nitrogens with zero attached hydrogens (tertiary/aromatic N) is 3. The minimum Gasteiger partial charge on any atom is -0.497 e. The number of hydrogen-bond donors (Lipinski definition) is 0. The van der Waals surface area contributed by atoms with Gasteiger partial charge in [-0.1, -0.05) is 11.6 Å². The van der Waals surface area contributed by atoms with Gasteiger partial charge in [-0.25, -0.2) is 13.8 Å². The molecule has 0 saturated carbocycles. The predicted molar refractivity (Wildman–Crippen MR) is 96.7 cm³/mol. The fourth-order valence-corrected chi connectivity index (χ4v) is 3.32. The molecule has 0 aliphatic heterocycles. The molecule has 26 heavy (non-hydrogen) atoms. The Hall–Kier alpha value is -2.56. The summed E-state index contributed by atoms with van der Waals surface area (Å²) in [6, 6.07) is 9.12. The number of ether oxygens (including phenoxy) is 1. The van der Waals surface area contributed by atoms with Crippen LogP contribution < -0.4 is 4.74 Å². The van der Waals surface area contributed by atoms with E-state index in [1.54, 1.807) is 35.8 Å². The number of rotatable bonds is 4. The topological polar surface area (TPSA) is 50.8 Å². The number of hydrogen-bond acceptors (Lipinski definition) is 4. The van der Waals surface area contributed by atoms with Crippen LogP contribution in [-0.2, 0) is 0 Å². The lowest BCUT2D eigenvalue weighted by atomic mass is 10.1. The summed E-state index contributed by atoms with van der Waals surface area (Å²) in [7, 11) is 1.33. The second-order valence-corrected chi connectivity index (χ2v) is 6.50. The van der Waals surface area contributed by atoms with E-state index in [0.717, 1.165) is 28.8 Å². The number of methoxy groups -OCH3 is 1. The normalized spacial score (nSPS) is 10.6. The van der Waals surface area contributed by atoms with Crippen LogP contribution in [0.1, 0.15) is 5.82 Å². The quantitative estimate of drug-likeness (QED) is 0.443. The number of aromatic nitrogens is 2. The van der Waals surface area contributed by atoms with Gasteiger partial charge in [-0.15, -0.1) is 0 Å². The first-order chi connectivity index (χ1) is 12.5. The van der Waals surface area contributed by atoms with Crippen LogP contribution in [0.4, 0.5) is 8.78 Å². The van der Waals surface area contributed by atoms with Gasteiger partial charge in [0.2, 0.25) is 0 Å². The van der Waals surface area contributed by atoms with E-state index in [9.17, 15) is 8.78 Å². The van der Waals surface area contributed by atoms with Crippen molar-refractivity contribution in [2.75, 3.05) is 7.11 Å². The van der Waals surface area contributed by atoms with Crippen molar-refractivity contribution >= 4 is 23.4 Å². The number of halogens is 3. The Balaban J connectivity index is 2.21. The molecule has 3 rings (SSSR count). The smallest absolute Gasteiger partial charge is 0.155 e. The van der Waals surface area contributed by atoms with Crippen molar-refractivity contribution in [3.63, 3.8) is 0 Å². The van der Waals surface area contributed by atoms with Crippen molar-refractivity contribution in [1.29, 1.82) is 5.26 Å². The zero-order chi connectivity index (χ0) is 18.8. The Morgan fingerprint density at radius 2 is 1.81 bits per heavy atom. The average molecular weight is 392 g/mol. The van der Waals surface area contributed by atoms with E-state index >= 15 is 0 Å². The highest BCUT2D eigenvalue weighted by Gasteiger charge is 2.23. The van der Waals surface area contributed by atoms with E-state index in [-0.39, 0.29) is 22.2 Å². The molecule has 0 aliphatic rings. The summed E-state index contributed by atoms with van der Waals surface area (Å²) in [6.07, 6.45) is 0. The third kappa shape index (κ3) is 3.26. The van der Waals surface area contributed by atoms with Crippen molar-refractivity contribution in [3.05, 3.63) is 59.0 Å². The molecule has 0 saturated heterocycles. The van der Waals surface area contributed by atoms with Gasteiger partial charge in [0.05, 0.1) is 18.4 Å². The number of aryl methyl sites for hydroxylation is 1. The minimum atomic E-state index is -0.804. The first-order valence-electron chi connectivity index (χ1n) is 7.41. The summed E-state index contributed by atoms with van der Waals surface area (Å²) in [5.41, 5.74) is 0.447. The van der Waals surface area contributed by atoms with Crippen LogP contribution in [0.25, 0.3) is 16.9 Å². The molecule has 2 aromatic carbocycles. The molecule has 132 valence electrons. The van der Waals surface area contributed by atoms with Gasteiger partial charge < -0.3 is 4.74 Å². The van der Waals surface area contributed by atoms with Gasteiger partial charge in [0.1, 0.15) is 28.6 Å². The largest absolute Gasteiger partial charge is 0.497 e. The first kappa shape index (κ1) is 18.2. The van der Waals surface area contributed by atoms with Crippen molar-refractivity contribution in [3.8, 4) is 28.1 Å². The summed E-state index contributed by atoms with van der Waals surface area (Å²) in [5, 5.41) is 10.7. The molecule has 0 amide bonds.